The van der Waals surface area contributed by atoms with Crippen molar-refractivity contribution in [3.8, 4) is 5.69 Å². The van der Waals surface area contributed by atoms with Crippen LogP contribution in [0.2, 0.25) is 0 Å². The predicted molar refractivity (Wildman–Crippen MR) is 148 cm³/mol. The molecule has 2 fully saturated rings. The van der Waals surface area contributed by atoms with Crippen LogP contribution in [-0.2, 0) is 17.7 Å². The Morgan fingerprint density at radius 2 is 1.64 bits per heavy atom. The highest BCUT2D eigenvalue weighted by molar-refractivity contribution is 5.77. The molecule has 0 unspecified atom stereocenters. The van der Waals surface area contributed by atoms with Gasteiger partial charge in [-0.05, 0) is 49.7 Å². The predicted octanol–water partition coefficient (Wildman–Crippen LogP) is 4.31. The summed E-state index contributed by atoms with van der Waals surface area (Å²) in [5.74, 6) is -0.452. The number of halogens is 2. The lowest BCUT2D eigenvalue weighted by Gasteiger charge is -2.37. The Morgan fingerprint density at radius 3 is 2.33 bits per heavy atom. The van der Waals surface area contributed by atoms with E-state index in [9.17, 15) is 0 Å². The van der Waals surface area contributed by atoms with Crippen LogP contribution in [-0.4, -0.2) is 70.9 Å². The summed E-state index contributed by atoms with van der Waals surface area (Å²) < 4.78 is 37.2. The number of rotatable bonds is 6. The number of fused-ring (bicyclic) bond motifs is 1. The molecule has 6 rings (SSSR count). The Hall–Kier alpha value is -3.40. The maximum atomic E-state index is 15.1. The summed E-state index contributed by atoms with van der Waals surface area (Å²) in [5, 5.41) is 4.38. The number of nitrogens with one attached hydrogen (secondary N) is 1. The van der Waals surface area contributed by atoms with Gasteiger partial charge < -0.3 is 19.5 Å². The molecule has 4 heterocycles. The van der Waals surface area contributed by atoms with E-state index < -0.39 is 11.6 Å². The second-order valence-corrected chi connectivity index (χ2v) is 10.7. The number of piperazine rings is 1. The van der Waals surface area contributed by atoms with Gasteiger partial charge in [-0.25, -0.2) is 18.7 Å². The van der Waals surface area contributed by atoms with E-state index in [1.165, 1.54) is 17.8 Å². The van der Waals surface area contributed by atoms with Crippen molar-refractivity contribution in [2.24, 2.45) is 0 Å². The normalized spacial score (nSPS) is 20.6. The molecule has 7 nitrogen and oxygen atoms in total. The van der Waals surface area contributed by atoms with Crippen LogP contribution >= 0.6 is 0 Å². The van der Waals surface area contributed by atoms with Crippen molar-refractivity contribution >= 4 is 16.7 Å². The molecule has 0 aliphatic carbocycles. The topological polar surface area (TPSA) is 58.5 Å². The largest absolute Gasteiger partial charge is 0.379 e. The Kier molecular flexibility index (Phi) is 7.29. The second kappa shape index (κ2) is 11.0. The second-order valence-electron chi connectivity index (χ2n) is 10.7. The maximum Gasteiger partial charge on any atom is 0.148 e. The molecule has 1 N–H and O–H groups in total. The third-order valence-corrected chi connectivity index (χ3v) is 7.59. The minimum atomic E-state index is -0.555. The monoisotopic (exact) mass is 532 g/mol. The van der Waals surface area contributed by atoms with E-state index in [0.29, 0.717) is 62.0 Å². The fourth-order valence-electron chi connectivity index (χ4n) is 5.65. The third-order valence-electron chi connectivity index (χ3n) is 7.59. The molecule has 2 saturated heterocycles. The number of nitrogens with zero attached hydrogens (tertiary/aromatic N) is 5. The summed E-state index contributed by atoms with van der Waals surface area (Å²) in [5.41, 5.74) is 3.43. The van der Waals surface area contributed by atoms with Crippen LogP contribution in [0.15, 0.2) is 54.9 Å². The number of benzene rings is 2. The van der Waals surface area contributed by atoms with Gasteiger partial charge in [0.15, 0.2) is 0 Å². The molecule has 0 saturated carbocycles. The van der Waals surface area contributed by atoms with Gasteiger partial charge in [0.25, 0.3) is 0 Å². The van der Waals surface area contributed by atoms with E-state index in [2.05, 4.69) is 53.3 Å². The number of hydrogen-bond acceptors (Lipinski definition) is 6. The molecular weight excluding hydrogens is 498 g/mol. The Balaban J connectivity index is 1.21. The van der Waals surface area contributed by atoms with Crippen LogP contribution in [0.25, 0.3) is 16.7 Å². The molecule has 2 atom stereocenters. The number of anilines is 1. The van der Waals surface area contributed by atoms with Gasteiger partial charge >= 0.3 is 0 Å². The highest BCUT2D eigenvalue weighted by Crippen LogP contribution is 2.25. The molecule has 2 aliphatic rings. The smallest absolute Gasteiger partial charge is 0.148 e. The van der Waals surface area contributed by atoms with Gasteiger partial charge in [0, 0.05) is 80.3 Å². The van der Waals surface area contributed by atoms with Crippen LogP contribution in [0.1, 0.15) is 30.8 Å². The molecule has 204 valence electrons. The fraction of sp³-hybridized carbons (Fsp3) is 0.400. The molecule has 9 heteroatoms. The summed E-state index contributed by atoms with van der Waals surface area (Å²) in [6.45, 7) is 9.11. The maximum absolute atomic E-state index is 15.1. The first-order valence-electron chi connectivity index (χ1n) is 13.6. The van der Waals surface area contributed by atoms with E-state index in [1.54, 1.807) is 17.0 Å². The number of hydrogen-bond donors (Lipinski definition) is 1. The van der Waals surface area contributed by atoms with Crippen molar-refractivity contribution in [1.82, 2.24) is 24.8 Å². The van der Waals surface area contributed by atoms with Crippen LogP contribution < -0.4 is 10.2 Å². The minimum Gasteiger partial charge on any atom is -0.379 e. The van der Waals surface area contributed by atoms with E-state index >= 15 is 8.78 Å². The average Bonchev–Trinajstić information content (AvgIpc) is 3.34. The zero-order valence-corrected chi connectivity index (χ0v) is 22.4. The first-order chi connectivity index (χ1) is 18.9. The summed E-state index contributed by atoms with van der Waals surface area (Å²) >= 11 is 0. The molecule has 2 aromatic carbocycles. The highest BCUT2D eigenvalue weighted by Gasteiger charge is 2.21. The van der Waals surface area contributed by atoms with Crippen molar-refractivity contribution in [3.63, 3.8) is 0 Å². The lowest BCUT2D eigenvalue weighted by molar-refractivity contribution is 0.0332. The Morgan fingerprint density at radius 1 is 0.949 bits per heavy atom. The van der Waals surface area contributed by atoms with Gasteiger partial charge in [0.05, 0.1) is 18.9 Å². The summed E-state index contributed by atoms with van der Waals surface area (Å²) in [4.78, 5) is 13.7. The van der Waals surface area contributed by atoms with Gasteiger partial charge in [-0.2, -0.15) is 0 Å². The lowest BCUT2D eigenvalue weighted by Crippen LogP contribution is -2.54. The molecule has 4 aromatic rings. The van der Waals surface area contributed by atoms with Crippen LogP contribution in [0.4, 0.5) is 14.5 Å². The standard InChI is InChI=1S/C30H34F2N6O/c1-20-17-37(18-21(2)34-20)24-5-3-22(4-6-24)13-29-33-16-23-7-8-38(30(23)35-29)25-14-27(31)26(28(32)15-25)19-36-9-11-39-12-10-36/h3-8,14-16,20-21,34H,9-13,17-19H2,1-2H3/t20-,21+. The SMILES string of the molecule is C[C@@H]1CN(c2ccc(Cc3ncc4ccn(-c5cc(F)c(CN6CCOCC6)c(F)c5)c4n3)cc2)C[C@H](C)N1. The van der Waals surface area contributed by atoms with Gasteiger partial charge in [-0.3, -0.25) is 4.90 Å². The Labute approximate surface area is 227 Å². The van der Waals surface area contributed by atoms with Gasteiger partial charge in [0.2, 0.25) is 0 Å². The highest BCUT2D eigenvalue weighted by atomic mass is 19.1. The van der Waals surface area contributed by atoms with E-state index in [4.69, 9.17) is 9.72 Å². The van der Waals surface area contributed by atoms with Crippen molar-refractivity contribution in [2.45, 2.75) is 38.9 Å². The zero-order valence-electron chi connectivity index (χ0n) is 22.4. The average molecular weight is 533 g/mol. The molecule has 0 bridgehead atoms. The lowest BCUT2D eigenvalue weighted by atomic mass is 10.1. The molecule has 0 radical (unpaired) electrons. The van der Waals surface area contributed by atoms with Gasteiger partial charge in [-0.15, -0.1) is 0 Å². The van der Waals surface area contributed by atoms with Gasteiger partial charge in [0.1, 0.15) is 23.1 Å². The Bertz CT molecular complexity index is 1420. The zero-order chi connectivity index (χ0) is 26.9. The van der Waals surface area contributed by atoms with Crippen molar-refractivity contribution in [1.29, 1.82) is 0 Å². The quantitative estimate of drug-likeness (QED) is 0.400. The third kappa shape index (κ3) is 5.66. The first-order valence-corrected chi connectivity index (χ1v) is 13.6. The van der Waals surface area contributed by atoms with Crippen LogP contribution in [0.5, 0.6) is 0 Å². The molecule has 2 aromatic heterocycles. The number of aromatic nitrogens is 3. The minimum absolute atomic E-state index is 0.0839. The molecule has 0 amide bonds. The summed E-state index contributed by atoms with van der Waals surface area (Å²) in [7, 11) is 0. The van der Waals surface area contributed by atoms with Crippen molar-refractivity contribution in [2.75, 3.05) is 44.3 Å². The molecule has 0 spiro atoms. The van der Waals surface area contributed by atoms with Crippen LogP contribution in [0, 0.1) is 11.6 Å². The first kappa shape index (κ1) is 25.9. The molecule has 39 heavy (non-hydrogen) atoms. The summed E-state index contributed by atoms with van der Waals surface area (Å²) in [6.07, 6.45) is 4.12. The summed E-state index contributed by atoms with van der Waals surface area (Å²) in [6, 6.07) is 14.1. The number of morpholine rings is 1. The van der Waals surface area contributed by atoms with Crippen molar-refractivity contribution < 1.29 is 13.5 Å². The van der Waals surface area contributed by atoms with Crippen molar-refractivity contribution in [3.05, 3.63) is 83.4 Å². The van der Waals surface area contributed by atoms with E-state index in [0.717, 1.165) is 24.0 Å². The van der Waals surface area contributed by atoms with Gasteiger partial charge in [-0.1, -0.05) is 12.1 Å². The van der Waals surface area contributed by atoms with E-state index in [-0.39, 0.29) is 12.1 Å². The molecule has 2 aliphatic heterocycles. The number of ether oxygens (including phenoxy) is 1. The van der Waals surface area contributed by atoms with E-state index in [1.807, 2.05) is 11.0 Å². The molecular formula is C30H34F2N6O. The fourth-order valence-corrected chi connectivity index (χ4v) is 5.65. The van der Waals surface area contributed by atoms with Crippen LogP contribution in [0.3, 0.4) is 0 Å².